The molecule has 1 aromatic heterocycles. The first-order valence-electron chi connectivity index (χ1n) is 8.08. The molecule has 1 aromatic rings. The van der Waals surface area contributed by atoms with Crippen LogP contribution in [-0.2, 0) is 21.4 Å². The van der Waals surface area contributed by atoms with E-state index < -0.39 is 10.0 Å². The minimum Gasteiger partial charge on any atom is -0.373 e. The average Bonchev–Trinajstić information content (AvgIpc) is 2.99. The fraction of sp³-hybridized carbons (Fsp3) is 0.688. The van der Waals surface area contributed by atoms with Gasteiger partial charge in [0.2, 0.25) is 10.0 Å². The third kappa shape index (κ3) is 3.34. The Morgan fingerprint density at radius 1 is 1.36 bits per heavy atom. The second kappa shape index (κ2) is 6.64. The van der Waals surface area contributed by atoms with E-state index in [1.165, 1.54) is 0 Å². The van der Waals surface area contributed by atoms with Gasteiger partial charge >= 0.3 is 0 Å². The van der Waals surface area contributed by atoms with E-state index in [-0.39, 0.29) is 11.9 Å². The van der Waals surface area contributed by atoms with Crippen LogP contribution in [0.15, 0.2) is 24.5 Å². The SMILES string of the molecule is CCS(=O)(=O)N1C[C@H]2CCC[C@@H](OCc3cccnc3)[C@H]2C1. The van der Waals surface area contributed by atoms with Gasteiger partial charge in [-0.1, -0.05) is 12.5 Å². The summed E-state index contributed by atoms with van der Waals surface area (Å²) < 4.78 is 32.0. The lowest BCUT2D eigenvalue weighted by Crippen LogP contribution is -2.34. The molecule has 1 saturated heterocycles. The molecule has 2 aliphatic rings. The summed E-state index contributed by atoms with van der Waals surface area (Å²) in [6, 6.07) is 3.92. The molecule has 6 heteroatoms. The Hall–Kier alpha value is -0.980. The fourth-order valence-electron chi connectivity index (χ4n) is 3.68. The highest BCUT2D eigenvalue weighted by atomic mass is 32.2. The maximum absolute atomic E-state index is 12.1. The van der Waals surface area contributed by atoms with Crippen LogP contribution in [0.1, 0.15) is 31.7 Å². The fourth-order valence-corrected chi connectivity index (χ4v) is 4.86. The highest BCUT2D eigenvalue weighted by molar-refractivity contribution is 7.89. The molecule has 0 radical (unpaired) electrons. The predicted molar refractivity (Wildman–Crippen MR) is 84.7 cm³/mol. The van der Waals surface area contributed by atoms with Crippen LogP contribution in [0.4, 0.5) is 0 Å². The zero-order valence-electron chi connectivity index (χ0n) is 13.0. The maximum Gasteiger partial charge on any atom is 0.213 e. The van der Waals surface area contributed by atoms with Crippen molar-refractivity contribution in [3.8, 4) is 0 Å². The van der Waals surface area contributed by atoms with Gasteiger partial charge in [0.05, 0.1) is 18.5 Å². The molecule has 3 rings (SSSR count). The molecule has 0 amide bonds. The van der Waals surface area contributed by atoms with Gasteiger partial charge in [0.1, 0.15) is 0 Å². The lowest BCUT2D eigenvalue weighted by Gasteiger charge is -2.32. The van der Waals surface area contributed by atoms with E-state index in [0.29, 0.717) is 31.5 Å². The van der Waals surface area contributed by atoms with E-state index in [4.69, 9.17) is 4.74 Å². The standard InChI is InChI=1S/C16H24N2O3S/c1-2-22(19,20)18-10-14-6-3-7-16(15(14)11-18)21-12-13-5-4-8-17-9-13/h4-5,8-9,14-16H,2-3,6-7,10-12H2,1H3/t14-,15+,16-/m1/s1. The Balaban J connectivity index is 1.64. The van der Waals surface area contributed by atoms with Gasteiger partial charge in [0.25, 0.3) is 0 Å². The minimum absolute atomic E-state index is 0.163. The Labute approximate surface area is 132 Å². The molecule has 122 valence electrons. The van der Waals surface area contributed by atoms with E-state index in [2.05, 4.69) is 4.98 Å². The normalized spacial score (nSPS) is 29.4. The minimum atomic E-state index is -3.08. The summed E-state index contributed by atoms with van der Waals surface area (Å²) in [4.78, 5) is 4.10. The molecule has 1 aliphatic carbocycles. The third-order valence-corrected chi connectivity index (χ3v) is 6.76. The van der Waals surface area contributed by atoms with Gasteiger partial charge in [-0.05, 0) is 37.3 Å². The average molecular weight is 324 g/mol. The number of hydrogen-bond acceptors (Lipinski definition) is 4. The molecular formula is C16H24N2O3S. The molecule has 2 fully saturated rings. The lowest BCUT2D eigenvalue weighted by molar-refractivity contribution is -0.0290. The summed E-state index contributed by atoms with van der Waals surface area (Å²) in [5.74, 6) is 0.980. The number of sulfonamides is 1. The van der Waals surface area contributed by atoms with Crippen molar-refractivity contribution in [1.29, 1.82) is 0 Å². The van der Waals surface area contributed by atoms with Gasteiger partial charge in [-0.15, -0.1) is 0 Å². The van der Waals surface area contributed by atoms with Crippen LogP contribution in [0.5, 0.6) is 0 Å². The first-order chi connectivity index (χ1) is 10.6. The van der Waals surface area contributed by atoms with Crippen LogP contribution in [0, 0.1) is 11.8 Å². The Kier molecular flexibility index (Phi) is 4.80. The summed E-state index contributed by atoms with van der Waals surface area (Å²) >= 11 is 0. The molecule has 3 atom stereocenters. The Morgan fingerprint density at radius 2 is 2.23 bits per heavy atom. The highest BCUT2D eigenvalue weighted by Gasteiger charge is 2.43. The van der Waals surface area contributed by atoms with Gasteiger partial charge < -0.3 is 4.74 Å². The van der Waals surface area contributed by atoms with Crippen molar-refractivity contribution < 1.29 is 13.2 Å². The van der Waals surface area contributed by atoms with Gasteiger partial charge in [0.15, 0.2) is 0 Å². The van der Waals surface area contributed by atoms with Gasteiger partial charge in [-0.2, -0.15) is 0 Å². The molecule has 0 unspecified atom stereocenters. The second-order valence-electron chi connectivity index (χ2n) is 6.28. The smallest absolute Gasteiger partial charge is 0.213 e. The van der Waals surface area contributed by atoms with Crippen LogP contribution in [0.3, 0.4) is 0 Å². The first-order valence-corrected chi connectivity index (χ1v) is 9.69. The summed E-state index contributed by atoms with van der Waals surface area (Å²) in [7, 11) is -3.08. The molecule has 5 nitrogen and oxygen atoms in total. The zero-order chi connectivity index (χ0) is 15.6. The number of hydrogen-bond donors (Lipinski definition) is 0. The summed E-state index contributed by atoms with van der Waals surface area (Å²) in [5, 5.41) is 0. The quantitative estimate of drug-likeness (QED) is 0.832. The van der Waals surface area contributed by atoms with Gasteiger partial charge in [-0.25, -0.2) is 12.7 Å². The van der Waals surface area contributed by atoms with Gasteiger partial charge in [-0.3, -0.25) is 4.98 Å². The molecule has 1 aliphatic heterocycles. The van der Waals surface area contributed by atoms with Crippen LogP contribution in [0.2, 0.25) is 0 Å². The molecule has 22 heavy (non-hydrogen) atoms. The predicted octanol–water partition coefficient (Wildman–Crippen LogP) is 2.05. The first kappa shape index (κ1) is 15.9. The number of ether oxygens (including phenoxy) is 1. The van der Waals surface area contributed by atoms with Crippen molar-refractivity contribution in [2.45, 2.75) is 38.9 Å². The zero-order valence-corrected chi connectivity index (χ0v) is 13.8. The molecule has 2 heterocycles. The molecule has 0 spiro atoms. The van der Waals surface area contributed by atoms with Crippen molar-refractivity contribution in [3.63, 3.8) is 0 Å². The van der Waals surface area contributed by atoms with E-state index >= 15 is 0 Å². The molecule has 0 aromatic carbocycles. The molecular weight excluding hydrogens is 300 g/mol. The van der Waals surface area contributed by atoms with Crippen LogP contribution in [0.25, 0.3) is 0 Å². The van der Waals surface area contributed by atoms with Crippen LogP contribution >= 0.6 is 0 Å². The third-order valence-electron chi connectivity index (χ3n) is 4.94. The largest absolute Gasteiger partial charge is 0.373 e. The van der Waals surface area contributed by atoms with Crippen molar-refractivity contribution >= 4 is 10.0 Å². The maximum atomic E-state index is 12.1. The topological polar surface area (TPSA) is 59.5 Å². The number of fused-ring (bicyclic) bond motifs is 1. The number of nitrogens with zero attached hydrogens (tertiary/aromatic N) is 2. The Morgan fingerprint density at radius 3 is 2.95 bits per heavy atom. The van der Waals surface area contributed by atoms with Crippen molar-refractivity contribution in [2.24, 2.45) is 11.8 Å². The Bertz CT molecular complexity index is 591. The molecule has 0 N–H and O–H groups in total. The summed E-state index contributed by atoms with van der Waals surface area (Å²) in [6.45, 7) is 3.57. The molecule has 0 bridgehead atoms. The van der Waals surface area contributed by atoms with Crippen LogP contribution < -0.4 is 0 Å². The second-order valence-corrected chi connectivity index (χ2v) is 8.54. The number of pyridine rings is 1. The van der Waals surface area contributed by atoms with E-state index in [1.807, 2.05) is 18.3 Å². The van der Waals surface area contributed by atoms with Crippen molar-refractivity contribution in [1.82, 2.24) is 9.29 Å². The highest BCUT2D eigenvalue weighted by Crippen LogP contribution is 2.39. The van der Waals surface area contributed by atoms with E-state index in [1.54, 1.807) is 17.4 Å². The van der Waals surface area contributed by atoms with E-state index in [9.17, 15) is 8.42 Å². The lowest BCUT2D eigenvalue weighted by atomic mass is 9.79. The van der Waals surface area contributed by atoms with E-state index in [0.717, 1.165) is 24.8 Å². The van der Waals surface area contributed by atoms with Crippen molar-refractivity contribution in [3.05, 3.63) is 30.1 Å². The summed E-state index contributed by atoms with van der Waals surface area (Å²) in [6.07, 6.45) is 7.01. The number of rotatable bonds is 5. The van der Waals surface area contributed by atoms with Gasteiger partial charge in [0, 0.05) is 31.4 Å². The monoisotopic (exact) mass is 324 g/mol. The van der Waals surface area contributed by atoms with Crippen LogP contribution in [-0.4, -0.2) is 42.7 Å². The van der Waals surface area contributed by atoms with Crippen molar-refractivity contribution in [2.75, 3.05) is 18.8 Å². The summed E-state index contributed by atoms with van der Waals surface area (Å²) in [5.41, 5.74) is 1.07. The molecule has 1 saturated carbocycles. The number of aromatic nitrogens is 1.